The number of benzene rings is 1. The van der Waals surface area contributed by atoms with Crippen LogP contribution in [0.2, 0.25) is 5.02 Å². The minimum atomic E-state index is -0.644. The number of thiophene rings is 1. The van der Waals surface area contributed by atoms with Crippen molar-refractivity contribution in [3.05, 3.63) is 75.2 Å². The van der Waals surface area contributed by atoms with Gasteiger partial charge in [-0.2, -0.15) is 0 Å². The van der Waals surface area contributed by atoms with Gasteiger partial charge in [0, 0.05) is 48.2 Å². The molecule has 220 valence electrons. The van der Waals surface area contributed by atoms with Crippen LogP contribution in [0.15, 0.2) is 53.4 Å². The number of nitrogens with one attached hydrogen (secondary N) is 3. The molecule has 2 heterocycles. The van der Waals surface area contributed by atoms with Gasteiger partial charge in [-0.1, -0.05) is 29.8 Å². The third-order valence-corrected chi connectivity index (χ3v) is 6.64. The first-order valence-electron chi connectivity index (χ1n) is 13.1. The topological polar surface area (TPSA) is 116 Å². The summed E-state index contributed by atoms with van der Waals surface area (Å²) in [4.78, 5) is 46.0. The lowest BCUT2D eigenvalue weighted by Crippen LogP contribution is -2.43. The third-order valence-electron chi connectivity index (χ3n) is 5.66. The molecular weight excluding hydrogens is 564 g/mol. The van der Waals surface area contributed by atoms with Gasteiger partial charge in [0.25, 0.3) is 5.91 Å². The number of halogens is 1. The zero-order valence-corrected chi connectivity index (χ0v) is 25.6. The van der Waals surface area contributed by atoms with Crippen LogP contribution in [-0.2, 0) is 17.7 Å². The summed E-state index contributed by atoms with van der Waals surface area (Å²) < 4.78 is 5.28. The van der Waals surface area contributed by atoms with Crippen molar-refractivity contribution in [2.24, 2.45) is 0 Å². The molecule has 1 aromatic carbocycles. The molecule has 12 heteroatoms. The largest absolute Gasteiger partial charge is 0.444 e. The molecule has 3 N–H and O–H groups in total. The van der Waals surface area contributed by atoms with Gasteiger partial charge in [-0.3, -0.25) is 15.1 Å². The molecule has 41 heavy (non-hydrogen) atoms. The standard InChI is InChI=1S/C29H37ClN6O4S/c1-29(2,3)40-28(39)34-25-19-41-18-24(25)33-26(37)23-10-9-21(16-32-23)17-36(14-13-35(4)5)27(38)31-12-11-20-7-6-8-22(30)15-20/h6-10,15-16,18-19H,11-14,17H2,1-5H3,(H,31,38)(H,33,37)(H,34,39). The van der Waals surface area contributed by atoms with Crippen LogP contribution in [0.5, 0.6) is 0 Å². The number of urea groups is 1. The van der Waals surface area contributed by atoms with Gasteiger partial charge in [0.15, 0.2) is 0 Å². The predicted octanol–water partition coefficient (Wildman–Crippen LogP) is 5.71. The number of nitrogens with zero attached hydrogens (tertiary/aromatic N) is 3. The molecule has 3 rings (SSSR count). The van der Waals surface area contributed by atoms with Crippen molar-refractivity contribution in [3.8, 4) is 0 Å². The summed E-state index contributed by atoms with van der Waals surface area (Å²) in [7, 11) is 3.90. The van der Waals surface area contributed by atoms with Gasteiger partial charge in [0.1, 0.15) is 11.3 Å². The average molecular weight is 601 g/mol. The van der Waals surface area contributed by atoms with Crippen molar-refractivity contribution in [2.75, 3.05) is 44.4 Å². The van der Waals surface area contributed by atoms with Crippen molar-refractivity contribution in [3.63, 3.8) is 0 Å². The first-order valence-corrected chi connectivity index (χ1v) is 14.5. The first kappa shape index (κ1) is 31.9. The van der Waals surface area contributed by atoms with E-state index < -0.39 is 17.6 Å². The fraction of sp³-hybridized carbons (Fsp3) is 0.379. The molecule has 0 aliphatic carbocycles. The van der Waals surface area contributed by atoms with Crippen LogP contribution in [0.4, 0.5) is 21.0 Å². The van der Waals surface area contributed by atoms with Crippen molar-refractivity contribution in [1.29, 1.82) is 0 Å². The number of likely N-dealkylation sites (N-methyl/N-ethyl adjacent to an activating group) is 1. The van der Waals surface area contributed by atoms with Crippen LogP contribution in [0.25, 0.3) is 0 Å². The number of amides is 4. The summed E-state index contributed by atoms with van der Waals surface area (Å²) in [5.41, 5.74) is 2.27. The predicted molar refractivity (Wildman–Crippen MR) is 164 cm³/mol. The summed E-state index contributed by atoms with van der Waals surface area (Å²) in [5, 5.41) is 12.5. The van der Waals surface area contributed by atoms with Crippen molar-refractivity contribution >= 4 is 52.3 Å². The Bertz CT molecular complexity index is 1320. The van der Waals surface area contributed by atoms with E-state index in [1.54, 1.807) is 54.8 Å². The van der Waals surface area contributed by atoms with E-state index in [9.17, 15) is 14.4 Å². The van der Waals surface area contributed by atoms with E-state index in [0.29, 0.717) is 49.0 Å². The van der Waals surface area contributed by atoms with Gasteiger partial charge in [-0.15, -0.1) is 11.3 Å². The highest BCUT2D eigenvalue weighted by Gasteiger charge is 2.19. The fourth-order valence-electron chi connectivity index (χ4n) is 3.65. The van der Waals surface area contributed by atoms with Gasteiger partial charge in [-0.05, 0) is 70.6 Å². The van der Waals surface area contributed by atoms with E-state index in [1.807, 2.05) is 43.3 Å². The van der Waals surface area contributed by atoms with E-state index >= 15 is 0 Å². The second kappa shape index (κ2) is 14.8. The van der Waals surface area contributed by atoms with Crippen molar-refractivity contribution in [2.45, 2.75) is 39.3 Å². The van der Waals surface area contributed by atoms with Crippen LogP contribution >= 0.6 is 22.9 Å². The van der Waals surface area contributed by atoms with Crippen LogP contribution in [-0.4, -0.2) is 72.1 Å². The van der Waals surface area contributed by atoms with E-state index in [0.717, 1.165) is 11.1 Å². The zero-order chi connectivity index (χ0) is 30.0. The summed E-state index contributed by atoms with van der Waals surface area (Å²) in [6, 6.07) is 10.8. The smallest absolute Gasteiger partial charge is 0.412 e. The number of hydrogen-bond donors (Lipinski definition) is 3. The van der Waals surface area contributed by atoms with Crippen LogP contribution in [0.1, 0.15) is 42.4 Å². The Kier molecular flexibility index (Phi) is 11.5. The highest BCUT2D eigenvalue weighted by Crippen LogP contribution is 2.27. The molecule has 4 amide bonds. The molecule has 0 spiro atoms. The van der Waals surface area contributed by atoms with Crippen LogP contribution in [0.3, 0.4) is 0 Å². The Morgan fingerprint density at radius 3 is 2.37 bits per heavy atom. The maximum absolute atomic E-state index is 13.0. The van der Waals surface area contributed by atoms with E-state index in [4.69, 9.17) is 16.3 Å². The molecular formula is C29H37ClN6O4S. The van der Waals surface area contributed by atoms with Gasteiger partial charge < -0.3 is 25.2 Å². The minimum absolute atomic E-state index is 0.182. The van der Waals surface area contributed by atoms with Gasteiger partial charge in [0.05, 0.1) is 11.4 Å². The summed E-state index contributed by atoms with van der Waals surface area (Å²) >= 11 is 7.39. The van der Waals surface area contributed by atoms with Crippen molar-refractivity contribution < 1.29 is 19.1 Å². The Labute approximate surface area is 250 Å². The third kappa shape index (κ3) is 11.0. The molecule has 0 aliphatic rings. The first-order chi connectivity index (χ1) is 19.4. The molecule has 0 radical (unpaired) electrons. The van der Waals surface area contributed by atoms with Gasteiger partial charge in [-0.25, -0.2) is 9.59 Å². The molecule has 0 unspecified atom stereocenters. The number of ether oxygens (including phenoxy) is 1. The summed E-state index contributed by atoms with van der Waals surface area (Å²) in [5.74, 6) is -0.426. The quantitative estimate of drug-likeness (QED) is 0.260. The Hall–Kier alpha value is -3.67. The minimum Gasteiger partial charge on any atom is -0.444 e. The molecule has 0 aliphatic heterocycles. The highest BCUT2D eigenvalue weighted by molar-refractivity contribution is 7.09. The maximum atomic E-state index is 13.0. The van der Waals surface area contributed by atoms with E-state index in [1.165, 1.54) is 11.3 Å². The summed E-state index contributed by atoms with van der Waals surface area (Å²) in [6.45, 7) is 7.33. The number of anilines is 2. The van der Waals surface area contributed by atoms with E-state index in [2.05, 4.69) is 20.9 Å². The second-order valence-corrected chi connectivity index (χ2v) is 11.8. The lowest BCUT2D eigenvalue weighted by atomic mass is 10.1. The molecule has 3 aromatic rings. The van der Waals surface area contributed by atoms with Gasteiger partial charge in [0.2, 0.25) is 0 Å². The molecule has 2 aromatic heterocycles. The average Bonchev–Trinajstić information content (AvgIpc) is 3.31. The van der Waals surface area contributed by atoms with Crippen molar-refractivity contribution in [1.82, 2.24) is 20.1 Å². The van der Waals surface area contributed by atoms with Crippen LogP contribution < -0.4 is 16.0 Å². The SMILES string of the molecule is CN(C)CCN(Cc1ccc(C(=O)Nc2cscc2NC(=O)OC(C)(C)C)nc1)C(=O)NCCc1cccc(Cl)c1. The fourth-order valence-corrected chi connectivity index (χ4v) is 4.58. The normalized spacial score (nSPS) is 11.2. The van der Waals surface area contributed by atoms with E-state index in [-0.39, 0.29) is 11.7 Å². The van der Waals surface area contributed by atoms with Gasteiger partial charge >= 0.3 is 12.1 Å². The molecule has 0 atom stereocenters. The number of carbonyl (C=O) groups is 3. The molecule has 10 nitrogen and oxygen atoms in total. The Balaban J connectivity index is 1.59. The number of hydrogen-bond acceptors (Lipinski definition) is 7. The Morgan fingerprint density at radius 2 is 1.73 bits per heavy atom. The zero-order valence-electron chi connectivity index (χ0n) is 24.0. The lowest BCUT2D eigenvalue weighted by molar-refractivity contribution is 0.0635. The molecule has 0 saturated heterocycles. The highest BCUT2D eigenvalue weighted by atomic mass is 35.5. The number of rotatable bonds is 11. The Morgan fingerprint density at radius 1 is 1.00 bits per heavy atom. The molecule has 0 saturated carbocycles. The lowest BCUT2D eigenvalue weighted by Gasteiger charge is -2.25. The number of pyridine rings is 1. The second-order valence-electron chi connectivity index (χ2n) is 10.7. The van der Waals surface area contributed by atoms with Crippen LogP contribution in [0, 0.1) is 0 Å². The molecule has 0 bridgehead atoms. The summed E-state index contributed by atoms with van der Waals surface area (Å²) in [6.07, 6.45) is 1.64. The monoisotopic (exact) mass is 600 g/mol. The maximum Gasteiger partial charge on any atom is 0.412 e. The number of aromatic nitrogens is 1. The number of carbonyl (C=O) groups excluding carboxylic acids is 3. The molecule has 0 fully saturated rings.